The number of fused-ring (bicyclic) bond motifs is 3. The molecule has 0 aromatic heterocycles. The molecule has 0 saturated carbocycles. The van der Waals surface area contributed by atoms with Crippen LogP contribution in [0.2, 0.25) is 5.02 Å². The van der Waals surface area contributed by atoms with Gasteiger partial charge in [-0.25, -0.2) is 9.59 Å². The number of ether oxygens (including phenoxy) is 1. The number of carbonyl (C=O) groups is 3. The van der Waals surface area contributed by atoms with Gasteiger partial charge in [-0.3, -0.25) is 4.79 Å². The van der Waals surface area contributed by atoms with E-state index in [-0.39, 0.29) is 35.2 Å². The Balaban J connectivity index is 1.41. The number of hydrogen-bond donors (Lipinski definition) is 3. The molecule has 0 aliphatic heterocycles. The third kappa shape index (κ3) is 4.75. The van der Waals surface area contributed by atoms with Crippen molar-refractivity contribution in [2.24, 2.45) is 0 Å². The van der Waals surface area contributed by atoms with E-state index in [2.05, 4.69) is 10.6 Å². The van der Waals surface area contributed by atoms with Crippen LogP contribution in [-0.4, -0.2) is 35.7 Å². The van der Waals surface area contributed by atoms with Crippen LogP contribution in [-0.2, 0) is 9.53 Å². The van der Waals surface area contributed by atoms with E-state index < -0.39 is 24.0 Å². The molecule has 3 N–H and O–H groups in total. The molecule has 1 atom stereocenters. The van der Waals surface area contributed by atoms with Crippen molar-refractivity contribution in [3.63, 3.8) is 0 Å². The highest BCUT2D eigenvalue weighted by atomic mass is 35.5. The van der Waals surface area contributed by atoms with Crippen molar-refractivity contribution < 1.29 is 24.2 Å². The minimum Gasteiger partial charge on any atom is -0.478 e. The highest BCUT2D eigenvalue weighted by Crippen LogP contribution is 2.44. The first-order valence-corrected chi connectivity index (χ1v) is 11.2. The van der Waals surface area contributed by atoms with Gasteiger partial charge in [0.05, 0.1) is 11.3 Å². The molecule has 0 saturated heterocycles. The number of benzene rings is 3. The molecule has 1 aliphatic carbocycles. The standard InChI is InChI=1S/C26H23ClN2O5/c1-2-22(24(30)28-23-12-11-15(27)13-20(23)25(31)32)29-26(33)34-14-21-18-9-5-3-7-16(18)17-8-4-6-10-19(17)21/h3-13,21-22H,2,14H2,1H3,(H,28,30)(H,29,33)(H,31,32)/t22-/m0/s1. The van der Waals surface area contributed by atoms with Crippen LogP contribution < -0.4 is 10.6 Å². The van der Waals surface area contributed by atoms with E-state index in [1.54, 1.807) is 6.92 Å². The summed E-state index contributed by atoms with van der Waals surface area (Å²) in [7, 11) is 0. The average molecular weight is 479 g/mol. The van der Waals surface area contributed by atoms with Crippen molar-refractivity contribution >= 4 is 35.3 Å². The molecule has 0 heterocycles. The molecule has 2 amide bonds. The van der Waals surface area contributed by atoms with Gasteiger partial charge in [0, 0.05) is 10.9 Å². The summed E-state index contributed by atoms with van der Waals surface area (Å²) in [6.45, 7) is 1.85. The maximum atomic E-state index is 12.7. The summed E-state index contributed by atoms with van der Waals surface area (Å²) >= 11 is 5.86. The normalized spacial score (nSPS) is 12.9. The fraction of sp³-hybridized carbons (Fsp3) is 0.192. The van der Waals surface area contributed by atoms with E-state index in [1.165, 1.54) is 18.2 Å². The van der Waals surface area contributed by atoms with Gasteiger partial charge in [-0.15, -0.1) is 0 Å². The predicted molar refractivity (Wildman–Crippen MR) is 129 cm³/mol. The van der Waals surface area contributed by atoms with Gasteiger partial charge in [-0.2, -0.15) is 0 Å². The highest BCUT2D eigenvalue weighted by molar-refractivity contribution is 6.31. The van der Waals surface area contributed by atoms with Gasteiger partial charge in [0.2, 0.25) is 5.91 Å². The molecule has 0 spiro atoms. The Morgan fingerprint density at radius 1 is 1.00 bits per heavy atom. The Hall–Kier alpha value is -3.84. The molecule has 0 bridgehead atoms. The molecule has 3 aromatic carbocycles. The summed E-state index contributed by atoms with van der Waals surface area (Å²) in [6, 6.07) is 19.2. The zero-order chi connectivity index (χ0) is 24.2. The Bertz CT molecular complexity index is 1210. The lowest BCUT2D eigenvalue weighted by atomic mass is 9.98. The van der Waals surface area contributed by atoms with Crippen molar-refractivity contribution in [1.29, 1.82) is 0 Å². The Kier molecular flexibility index (Phi) is 6.84. The van der Waals surface area contributed by atoms with Crippen LogP contribution in [0, 0.1) is 0 Å². The molecular formula is C26H23ClN2O5. The molecule has 0 fully saturated rings. The fourth-order valence-corrected chi connectivity index (χ4v) is 4.33. The van der Waals surface area contributed by atoms with Gasteiger partial charge in [-0.1, -0.05) is 67.1 Å². The van der Waals surface area contributed by atoms with Crippen LogP contribution in [0.3, 0.4) is 0 Å². The van der Waals surface area contributed by atoms with Gasteiger partial charge >= 0.3 is 12.1 Å². The summed E-state index contributed by atoms with van der Waals surface area (Å²) in [5.41, 5.74) is 4.37. The monoisotopic (exact) mass is 478 g/mol. The number of alkyl carbamates (subject to hydrolysis) is 1. The lowest BCUT2D eigenvalue weighted by Crippen LogP contribution is -2.44. The van der Waals surface area contributed by atoms with E-state index in [4.69, 9.17) is 16.3 Å². The third-order valence-corrected chi connectivity index (χ3v) is 6.07. The van der Waals surface area contributed by atoms with E-state index in [1.807, 2.05) is 48.5 Å². The van der Waals surface area contributed by atoms with E-state index >= 15 is 0 Å². The van der Waals surface area contributed by atoms with E-state index in [0.29, 0.717) is 0 Å². The molecule has 4 rings (SSSR count). The first-order valence-electron chi connectivity index (χ1n) is 10.8. The first-order chi connectivity index (χ1) is 16.4. The fourth-order valence-electron chi connectivity index (χ4n) is 4.16. The Labute approximate surface area is 201 Å². The summed E-state index contributed by atoms with van der Waals surface area (Å²) in [6.07, 6.45) is -0.440. The number of nitrogens with one attached hydrogen (secondary N) is 2. The quantitative estimate of drug-likeness (QED) is 0.427. The Morgan fingerprint density at radius 3 is 2.21 bits per heavy atom. The number of carbonyl (C=O) groups excluding carboxylic acids is 2. The van der Waals surface area contributed by atoms with Crippen molar-refractivity contribution in [2.45, 2.75) is 25.3 Å². The molecule has 0 radical (unpaired) electrons. The maximum Gasteiger partial charge on any atom is 0.407 e. The largest absolute Gasteiger partial charge is 0.478 e. The smallest absolute Gasteiger partial charge is 0.407 e. The second-order valence-corrected chi connectivity index (χ2v) is 8.35. The summed E-state index contributed by atoms with van der Waals surface area (Å²) < 4.78 is 5.51. The minimum absolute atomic E-state index is 0.0923. The van der Waals surface area contributed by atoms with Crippen molar-refractivity contribution in [2.75, 3.05) is 11.9 Å². The number of hydrogen-bond acceptors (Lipinski definition) is 4. The number of amides is 2. The number of aromatic carboxylic acids is 1. The van der Waals surface area contributed by atoms with Crippen LogP contribution in [0.4, 0.5) is 10.5 Å². The number of carboxylic acids is 1. The van der Waals surface area contributed by atoms with Crippen LogP contribution in [0.1, 0.15) is 40.7 Å². The maximum absolute atomic E-state index is 12.7. The van der Waals surface area contributed by atoms with Crippen LogP contribution >= 0.6 is 11.6 Å². The van der Waals surface area contributed by atoms with Crippen LogP contribution in [0.5, 0.6) is 0 Å². The zero-order valence-corrected chi connectivity index (χ0v) is 19.1. The lowest BCUT2D eigenvalue weighted by molar-refractivity contribution is -0.118. The molecule has 8 heteroatoms. The number of rotatable bonds is 7. The van der Waals surface area contributed by atoms with E-state index in [9.17, 15) is 19.5 Å². The van der Waals surface area contributed by atoms with Gasteiger partial charge in [0.25, 0.3) is 0 Å². The van der Waals surface area contributed by atoms with Crippen LogP contribution in [0.25, 0.3) is 11.1 Å². The minimum atomic E-state index is -1.23. The molecule has 174 valence electrons. The molecule has 1 aliphatic rings. The summed E-state index contributed by atoms with van der Waals surface area (Å²) in [5, 5.41) is 14.7. The third-order valence-electron chi connectivity index (χ3n) is 5.83. The second-order valence-electron chi connectivity index (χ2n) is 7.92. The van der Waals surface area contributed by atoms with Gasteiger partial charge in [-0.05, 0) is 46.9 Å². The summed E-state index contributed by atoms with van der Waals surface area (Å²) in [4.78, 5) is 36.7. The van der Waals surface area contributed by atoms with Crippen molar-refractivity contribution in [1.82, 2.24) is 5.32 Å². The second kappa shape index (κ2) is 9.97. The average Bonchev–Trinajstić information content (AvgIpc) is 3.15. The van der Waals surface area contributed by atoms with Gasteiger partial charge < -0.3 is 20.5 Å². The highest BCUT2D eigenvalue weighted by Gasteiger charge is 2.29. The summed E-state index contributed by atoms with van der Waals surface area (Å²) in [5.74, 6) is -1.88. The molecule has 3 aromatic rings. The number of anilines is 1. The zero-order valence-electron chi connectivity index (χ0n) is 18.4. The van der Waals surface area contributed by atoms with Gasteiger partial charge in [0.15, 0.2) is 0 Å². The number of carboxylic acid groups (broad SMARTS) is 1. The molecule has 7 nitrogen and oxygen atoms in total. The first kappa shape index (κ1) is 23.3. The van der Waals surface area contributed by atoms with Gasteiger partial charge in [0.1, 0.15) is 12.6 Å². The predicted octanol–water partition coefficient (Wildman–Crippen LogP) is 5.29. The number of halogens is 1. The molecule has 0 unspecified atom stereocenters. The lowest BCUT2D eigenvalue weighted by Gasteiger charge is -2.19. The Morgan fingerprint density at radius 2 is 1.62 bits per heavy atom. The van der Waals surface area contributed by atoms with E-state index in [0.717, 1.165) is 22.3 Å². The topological polar surface area (TPSA) is 105 Å². The van der Waals surface area contributed by atoms with Crippen molar-refractivity contribution in [3.05, 3.63) is 88.4 Å². The SMILES string of the molecule is CC[C@H](NC(=O)OCC1c2ccccc2-c2ccccc21)C(=O)Nc1ccc(Cl)cc1C(=O)O. The molecule has 34 heavy (non-hydrogen) atoms. The molecular weight excluding hydrogens is 456 g/mol. The van der Waals surface area contributed by atoms with Crippen LogP contribution in [0.15, 0.2) is 66.7 Å². The van der Waals surface area contributed by atoms with Crippen molar-refractivity contribution in [3.8, 4) is 11.1 Å².